The van der Waals surface area contributed by atoms with Crippen molar-refractivity contribution >= 4 is 20.0 Å². The molecule has 8 heteroatoms. The van der Waals surface area contributed by atoms with E-state index < -0.39 is 26.1 Å². The Kier molecular flexibility index (Phi) is 5.93. The fourth-order valence-corrected chi connectivity index (χ4v) is 7.47. The minimum absolute atomic E-state index is 0.125. The van der Waals surface area contributed by atoms with Gasteiger partial charge in [0.05, 0.1) is 9.79 Å². The minimum atomic E-state index is -3.70. The smallest absolute Gasteiger partial charge is 0.207 e. The van der Waals surface area contributed by atoms with Crippen LogP contribution in [-0.4, -0.2) is 51.1 Å². The molecule has 0 aliphatic carbocycles. The lowest BCUT2D eigenvalue weighted by Crippen LogP contribution is -2.55. The van der Waals surface area contributed by atoms with Gasteiger partial charge in [0.15, 0.2) is 0 Å². The molecule has 29 heavy (non-hydrogen) atoms. The zero-order chi connectivity index (χ0) is 21.6. The van der Waals surface area contributed by atoms with Gasteiger partial charge in [-0.2, -0.15) is 8.61 Å². The first-order valence-electron chi connectivity index (χ1n) is 9.61. The van der Waals surface area contributed by atoms with E-state index in [1.165, 1.54) is 8.61 Å². The highest BCUT2D eigenvalue weighted by Gasteiger charge is 2.38. The largest absolute Gasteiger partial charge is 0.243 e. The number of rotatable bonds is 4. The van der Waals surface area contributed by atoms with Gasteiger partial charge in [0.25, 0.3) is 0 Å². The number of piperazine rings is 1. The lowest BCUT2D eigenvalue weighted by atomic mass is 10.2. The van der Waals surface area contributed by atoms with Crippen molar-refractivity contribution in [1.29, 1.82) is 0 Å². The van der Waals surface area contributed by atoms with Crippen LogP contribution in [0.25, 0.3) is 0 Å². The molecule has 0 radical (unpaired) electrons. The maximum absolute atomic E-state index is 13.3. The molecule has 6 nitrogen and oxygen atoms in total. The van der Waals surface area contributed by atoms with Crippen molar-refractivity contribution in [3.63, 3.8) is 0 Å². The van der Waals surface area contributed by atoms with Crippen molar-refractivity contribution in [3.8, 4) is 0 Å². The van der Waals surface area contributed by atoms with Gasteiger partial charge in [-0.1, -0.05) is 24.3 Å². The Balaban J connectivity index is 1.89. The Bertz CT molecular complexity index is 1140. The maximum Gasteiger partial charge on any atom is 0.243 e. The number of benzene rings is 2. The second-order valence-electron chi connectivity index (χ2n) is 7.87. The molecule has 2 aromatic carbocycles. The molecule has 1 aliphatic heterocycles. The van der Waals surface area contributed by atoms with E-state index in [2.05, 4.69) is 0 Å². The van der Waals surface area contributed by atoms with Gasteiger partial charge in [0.1, 0.15) is 0 Å². The average Bonchev–Trinajstić information content (AvgIpc) is 2.65. The SMILES string of the molecule is Cc1ccc(C)c(S(=O)(=O)N2CCN(S(=O)(=O)c3cc(C)ccc3C)[C@H](C)C2)c1. The number of hydrogen-bond acceptors (Lipinski definition) is 4. The number of nitrogens with zero attached hydrogens (tertiary/aromatic N) is 2. The topological polar surface area (TPSA) is 74.8 Å². The van der Waals surface area contributed by atoms with E-state index in [1.54, 1.807) is 45.0 Å². The molecule has 0 unspecified atom stereocenters. The molecular weight excluding hydrogens is 408 g/mol. The molecule has 2 aromatic rings. The van der Waals surface area contributed by atoms with E-state index in [9.17, 15) is 16.8 Å². The van der Waals surface area contributed by atoms with Crippen LogP contribution in [0, 0.1) is 27.7 Å². The van der Waals surface area contributed by atoms with Crippen molar-refractivity contribution in [2.75, 3.05) is 19.6 Å². The molecular formula is C21H28N2O4S2. The van der Waals surface area contributed by atoms with Crippen LogP contribution >= 0.6 is 0 Å². The molecule has 0 aromatic heterocycles. The van der Waals surface area contributed by atoms with E-state index in [4.69, 9.17) is 0 Å². The van der Waals surface area contributed by atoms with Gasteiger partial charge in [-0.05, 0) is 69.0 Å². The summed E-state index contributed by atoms with van der Waals surface area (Å²) >= 11 is 0. The van der Waals surface area contributed by atoms with Gasteiger partial charge >= 0.3 is 0 Å². The van der Waals surface area contributed by atoms with Gasteiger partial charge in [0.2, 0.25) is 20.0 Å². The summed E-state index contributed by atoms with van der Waals surface area (Å²) in [6, 6.07) is 10.2. The highest BCUT2D eigenvalue weighted by Crippen LogP contribution is 2.28. The van der Waals surface area contributed by atoms with Crippen LogP contribution < -0.4 is 0 Å². The van der Waals surface area contributed by atoms with Crippen LogP contribution in [0.15, 0.2) is 46.2 Å². The quantitative estimate of drug-likeness (QED) is 0.738. The van der Waals surface area contributed by atoms with Crippen molar-refractivity contribution < 1.29 is 16.8 Å². The Morgan fingerprint density at radius 3 is 1.72 bits per heavy atom. The Hall–Kier alpha value is -1.74. The lowest BCUT2D eigenvalue weighted by Gasteiger charge is -2.38. The van der Waals surface area contributed by atoms with Crippen LogP contribution in [0.5, 0.6) is 0 Å². The molecule has 1 aliphatic rings. The predicted molar refractivity (Wildman–Crippen MR) is 114 cm³/mol. The van der Waals surface area contributed by atoms with E-state index in [-0.39, 0.29) is 29.4 Å². The van der Waals surface area contributed by atoms with Crippen molar-refractivity contribution in [1.82, 2.24) is 8.61 Å². The van der Waals surface area contributed by atoms with Crippen LogP contribution in [0.3, 0.4) is 0 Å². The van der Waals surface area contributed by atoms with Crippen molar-refractivity contribution in [2.45, 2.75) is 50.5 Å². The Labute approximate surface area is 174 Å². The van der Waals surface area contributed by atoms with Crippen LogP contribution in [0.1, 0.15) is 29.2 Å². The molecule has 1 fully saturated rings. The molecule has 0 bridgehead atoms. The molecule has 0 N–H and O–H groups in total. The molecule has 3 rings (SSSR count). The predicted octanol–water partition coefficient (Wildman–Crippen LogP) is 3.00. The maximum atomic E-state index is 13.3. The summed E-state index contributed by atoms with van der Waals surface area (Å²) in [5.74, 6) is 0. The van der Waals surface area contributed by atoms with Crippen molar-refractivity contribution in [2.24, 2.45) is 0 Å². The highest BCUT2D eigenvalue weighted by molar-refractivity contribution is 7.89. The zero-order valence-corrected chi connectivity index (χ0v) is 19.1. The molecule has 1 heterocycles. The van der Waals surface area contributed by atoms with Gasteiger partial charge in [-0.3, -0.25) is 0 Å². The summed E-state index contributed by atoms with van der Waals surface area (Å²) in [4.78, 5) is 0.575. The third kappa shape index (κ3) is 4.12. The second-order valence-corrected chi connectivity index (χ2v) is 11.6. The first-order chi connectivity index (χ1) is 13.4. The summed E-state index contributed by atoms with van der Waals surface area (Å²) in [5, 5.41) is 0. The molecule has 0 saturated carbocycles. The van der Waals surface area contributed by atoms with Crippen LogP contribution in [0.2, 0.25) is 0 Å². The average molecular weight is 437 g/mol. The van der Waals surface area contributed by atoms with E-state index in [0.717, 1.165) is 11.1 Å². The first-order valence-corrected chi connectivity index (χ1v) is 12.5. The number of aryl methyl sites for hydroxylation is 4. The van der Waals surface area contributed by atoms with Crippen molar-refractivity contribution in [3.05, 3.63) is 58.7 Å². The van der Waals surface area contributed by atoms with Gasteiger partial charge in [0, 0.05) is 25.7 Å². The first kappa shape index (κ1) is 22.0. The summed E-state index contributed by atoms with van der Waals surface area (Å²) in [6.45, 7) is 9.40. The minimum Gasteiger partial charge on any atom is -0.207 e. The highest BCUT2D eigenvalue weighted by atomic mass is 32.2. The van der Waals surface area contributed by atoms with E-state index in [0.29, 0.717) is 11.1 Å². The third-order valence-electron chi connectivity index (χ3n) is 5.42. The van der Waals surface area contributed by atoms with Crippen LogP contribution in [-0.2, 0) is 20.0 Å². The van der Waals surface area contributed by atoms with E-state index >= 15 is 0 Å². The number of sulfonamides is 2. The standard InChI is InChI=1S/C21H28N2O4S2/c1-15-6-8-17(3)20(12-15)28(24,25)22-10-11-23(19(5)14-22)29(26,27)21-13-16(2)7-9-18(21)4/h6-9,12-13,19H,10-11,14H2,1-5H3/t19-/m1/s1. The monoisotopic (exact) mass is 436 g/mol. The summed E-state index contributed by atoms with van der Waals surface area (Å²) in [6.07, 6.45) is 0. The van der Waals surface area contributed by atoms with Crippen LogP contribution in [0.4, 0.5) is 0 Å². The summed E-state index contributed by atoms with van der Waals surface area (Å²) in [7, 11) is -7.39. The fraction of sp³-hybridized carbons (Fsp3) is 0.429. The molecule has 158 valence electrons. The third-order valence-corrected chi connectivity index (χ3v) is 9.58. The molecule has 0 amide bonds. The summed E-state index contributed by atoms with van der Waals surface area (Å²) in [5.41, 5.74) is 3.12. The fourth-order valence-electron chi connectivity index (χ4n) is 3.72. The second kappa shape index (κ2) is 7.83. The van der Waals surface area contributed by atoms with Gasteiger partial charge < -0.3 is 0 Å². The summed E-state index contributed by atoms with van der Waals surface area (Å²) < 4.78 is 55.7. The lowest BCUT2D eigenvalue weighted by molar-refractivity contribution is 0.212. The molecule has 0 spiro atoms. The Morgan fingerprint density at radius 2 is 1.24 bits per heavy atom. The zero-order valence-electron chi connectivity index (χ0n) is 17.5. The molecule has 1 atom stereocenters. The Morgan fingerprint density at radius 1 is 0.759 bits per heavy atom. The van der Waals surface area contributed by atoms with E-state index in [1.807, 2.05) is 26.0 Å². The molecule has 1 saturated heterocycles. The number of hydrogen-bond donors (Lipinski definition) is 0. The van der Waals surface area contributed by atoms with Gasteiger partial charge in [-0.15, -0.1) is 0 Å². The van der Waals surface area contributed by atoms with Gasteiger partial charge in [-0.25, -0.2) is 16.8 Å². The normalized spacial score (nSPS) is 19.4.